The molecule has 1 unspecified atom stereocenters. The number of hydrogen-bond donors (Lipinski definition) is 2. The lowest BCUT2D eigenvalue weighted by molar-refractivity contribution is -0.146. The molecule has 1 aliphatic rings. The summed E-state index contributed by atoms with van der Waals surface area (Å²) in [4.78, 5) is 24.1. The minimum Gasteiger partial charge on any atom is -0.480 e. The van der Waals surface area contributed by atoms with Crippen molar-refractivity contribution >= 4 is 11.9 Å². The van der Waals surface area contributed by atoms with Crippen molar-refractivity contribution in [3.05, 3.63) is 0 Å². The van der Waals surface area contributed by atoms with E-state index in [1.54, 1.807) is 0 Å². The highest BCUT2D eigenvalue weighted by molar-refractivity contribution is 5.86. The lowest BCUT2D eigenvalue weighted by Gasteiger charge is -2.31. The maximum atomic E-state index is 12.0. The highest BCUT2D eigenvalue weighted by Crippen LogP contribution is 2.29. The Hall–Kier alpha value is -1.10. The van der Waals surface area contributed by atoms with Gasteiger partial charge in [0.15, 0.2) is 0 Å². The molecule has 1 atom stereocenters. The Morgan fingerprint density at radius 2 is 1.94 bits per heavy atom. The Morgan fingerprint density at radius 1 is 1.44 bits per heavy atom. The van der Waals surface area contributed by atoms with E-state index in [2.05, 4.69) is 0 Å². The number of rotatable bonds is 4. The van der Waals surface area contributed by atoms with E-state index >= 15 is 0 Å². The van der Waals surface area contributed by atoms with Crippen LogP contribution in [0.4, 0.5) is 0 Å². The first-order valence-electron chi connectivity index (χ1n) is 5.51. The van der Waals surface area contributed by atoms with Crippen molar-refractivity contribution in [3.8, 4) is 0 Å². The Kier molecular flexibility index (Phi) is 3.57. The highest BCUT2D eigenvalue weighted by atomic mass is 16.4. The van der Waals surface area contributed by atoms with Gasteiger partial charge in [0, 0.05) is 6.04 Å². The highest BCUT2D eigenvalue weighted by Gasteiger charge is 2.39. The molecule has 1 fully saturated rings. The second kappa shape index (κ2) is 4.41. The van der Waals surface area contributed by atoms with Crippen molar-refractivity contribution < 1.29 is 14.7 Å². The van der Waals surface area contributed by atoms with Crippen LogP contribution in [0.1, 0.15) is 33.6 Å². The van der Waals surface area contributed by atoms with Crippen molar-refractivity contribution in [1.82, 2.24) is 4.90 Å². The maximum absolute atomic E-state index is 12.0. The molecule has 16 heavy (non-hydrogen) atoms. The van der Waals surface area contributed by atoms with Gasteiger partial charge in [-0.1, -0.05) is 20.8 Å². The molecule has 0 aromatic heterocycles. The fraction of sp³-hybridized carbons (Fsp3) is 0.818. The number of carboxylic acids is 1. The van der Waals surface area contributed by atoms with Gasteiger partial charge in [-0.2, -0.15) is 0 Å². The van der Waals surface area contributed by atoms with Crippen molar-refractivity contribution in [2.45, 2.75) is 45.7 Å². The number of carboxylic acid groups (broad SMARTS) is 1. The van der Waals surface area contributed by atoms with Gasteiger partial charge in [-0.15, -0.1) is 0 Å². The number of hydrogen-bond acceptors (Lipinski definition) is 3. The van der Waals surface area contributed by atoms with Gasteiger partial charge in [-0.3, -0.25) is 9.59 Å². The fourth-order valence-corrected chi connectivity index (χ4v) is 1.47. The third-order valence-corrected chi connectivity index (χ3v) is 2.78. The van der Waals surface area contributed by atoms with E-state index in [1.807, 2.05) is 20.8 Å². The topological polar surface area (TPSA) is 83.6 Å². The molecule has 1 amide bonds. The van der Waals surface area contributed by atoms with Crippen LogP contribution in [-0.4, -0.2) is 40.5 Å². The SMILES string of the molecule is CC(C)(C)C(N)C(=O)N(CC(=O)O)C1CC1. The van der Waals surface area contributed by atoms with E-state index in [9.17, 15) is 9.59 Å². The Balaban J connectivity index is 2.71. The summed E-state index contributed by atoms with van der Waals surface area (Å²) in [6.07, 6.45) is 1.77. The molecule has 1 saturated carbocycles. The molecule has 1 aliphatic carbocycles. The zero-order valence-electron chi connectivity index (χ0n) is 10.1. The Bertz CT molecular complexity index is 292. The molecule has 0 bridgehead atoms. The van der Waals surface area contributed by atoms with Gasteiger partial charge in [0.05, 0.1) is 6.04 Å². The van der Waals surface area contributed by atoms with E-state index in [0.717, 1.165) is 12.8 Å². The molecule has 0 saturated heterocycles. The number of aliphatic carboxylic acids is 1. The molecule has 5 nitrogen and oxygen atoms in total. The molecular weight excluding hydrogens is 208 g/mol. The van der Waals surface area contributed by atoms with Crippen LogP contribution >= 0.6 is 0 Å². The van der Waals surface area contributed by atoms with Gasteiger partial charge in [0.2, 0.25) is 5.91 Å². The third-order valence-electron chi connectivity index (χ3n) is 2.78. The first kappa shape index (κ1) is 13.0. The van der Waals surface area contributed by atoms with Crippen LogP contribution in [0.3, 0.4) is 0 Å². The predicted octanol–water partition coefficient (Wildman–Crippen LogP) is 0.435. The van der Waals surface area contributed by atoms with E-state index in [0.29, 0.717) is 0 Å². The van der Waals surface area contributed by atoms with E-state index < -0.39 is 12.0 Å². The van der Waals surface area contributed by atoms with Crippen LogP contribution in [0.15, 0.2) is 0 Å². The van der Waals surface area contributed by atoms with Crippen LogP contribution in [-0.2, 0) is 9.59 Å². The molecule has 0 heterocycles. The van der Waals surface area contributed by atoms with Gasteiger partial charge in [-0.25, -0.2) is 0 Å². The maximum Gasteiger partial charge on any atom is 0.323 e. The number of carbonyl (C=O) groups excluding carboxylic acids is 1. The van der Waals surface area contributed by atoms with E-state index in [4.69, 9.17) is 10.8 Å². The number of carbonyl (C=O) groups is 2. The van der Waals surface area contributed by atoms with Gasteiger partial charge < -0.3 is 15.7 Å². The zero-order valence-corrected chi connectivity index (χ0v) is 10.1. The quantitative estimate of drug-likeness (QED) is 0.731. The van der Waals surface area contributed by atoms with Crippen molar-refractivity contribution in [1.29, 1.82) is 0 Å². The minimum atomic E-state index is -0.985. The first-order chi connectivity index (χ1) is 7.23. The summed E-state index contributed by atoms with van der Waals surface area (Å²) >= 11 is 0. The number of nitrogens with two attached hydrogens (primary N) is 1. The zero-order chi connectivity index (χ0) is 12.5. The molecule has 1 rings (SSSR count). The molecule has 0 aromatic carbocycles. The van der Waals surface area contributed by atoms with Gasteiger partial charge in [0.25, 0.3) is 0 Å². The molecule has 0 radical (unpaired) electrons. The lowest BCUT2D eigenvalue weighted by Crippen LogP contribution is -2.52. The fourth-order valence-electron chi connectivity index (χ4n) is 1.47. The molecular formula is C11H20N2O3. The average molecular weight is 228 g/mol. The number of amides is 1. The number of nitrogens with zero attached hydrogens (tertiary/aromatic N) is 1. The standard InChI is InChI=1S/C11H20N2O3/c1-11(2,3)9(12)10(16)13(6-8(14)15)7-4-5-7/h7,9H,4-6,12H2,1-3H3,(H,14,15). The second-order valence-electron chi connectivity index (χ2n) is 5.43. The predicted molar refractivity (Wildman–Crippen MR) is 59.8 cm³/mol. The Labute approximate surface area is 95.6 Å². The lowest BCUT2D eigenvalue weighted by atomic mass is 9.86. The monoisotopic (exact) mass is 228 g/mol. The average Bonchev–Trinajstić information content (AvgIpc) is 2.93. The molecule has 3 N–H and O–H groups in total. The summed E-state index contributed by atoms with van der Waals surface area (Å²) in [6, 6.07) is -0.565. The summed E-state index contributed by atoms with van der Waals surface area (Å²) in [7, 11) is 0. The van der Waals surface area contributed by atoms with Gasteiger partial charge >= 0.3 is 5.97 Å². The van der Waals surface area contributed by atoms with Crippen molar-refractivity contribution in [3.63, 3.8) is 0 Å². The van der Waals surface area contributed by atoms with Crippen LogP contribution in [0.2, 0.25) is 0 Å². The molecule has 0 aromatic rings. The summed E-state index contributed by atoms with van der Waals surface area (Å²) in [5.74, 6) is -1.24. The van der Waals surface area contributed by atoms with E-state index in [1.165, 1.54) is 4.90 Å². The van der Waals surface area contributed by atoms with Crippen LogP contribution in [0.5, 0.6) is 0 Å². The van der Waals surface area contributed by atoms with Gasteiger partial charge in [-0.05, 0) is 18.3 Å². The minimum absolute atomic E-state index is 0.0806. The van der Waals surface area contributed by atoms with E-state index in [-0.39, 0.29) is 23.9 Å². The van der Waals surface area contributed by atoms with Crippen LogP contribution < -0.4 is 5.73 Å². The third kappa shape index (κ3) is 3.20. The van der Waals surface area contributed by atoms with Crippen LogP contribution in [0, 0.1) is 5.41 Å². The van der Waals surface area contributed by atoms with Crippen molar-refractivity contribution in [2.75, 3.05) is 6.54 Å². The summed E-state index contributed by atoms with van der Waals surface area (Å²) in [6.45, 7) is 5.39. The summed E-state index contributed by atoms with van der Waals surface area (Å²) < 4.78 is 0. The Morgan fingerprint density at radius 3 is 2.25 bits per heavy atom. The summed E-state index contributed by atoms with van der Waals surface area (Å²) in [5, 5.41) is 8.76. The normalized spacial score (nSPS) is 18.0. The smallest absolute Gasteiger partial charge is 0.323 e. The van der Waals surface area contributed by atoms with Crippen LogP contribution in [0.25, 0.3) is 0 Å². The van der Waals surface area contributed by atoms with Gasteiger partial charge in [0.1, 0.15) is 6.54 Å². The molecule has 0 spiro atoms. The molecule has 92 valence electrons. The largest absolute Gasteiger partial charge is 0.480 e. The molecule has 0 aliphatic heterocycles. The summed E-state index contributed by atoms with van der Waals surface area (Å²) in [5.41, 5.74) is 5.51. The second-order valence-corrected chi connectivity index (χ2v) is 5.43. The molecule has 5 heteroatoms. The first-order valence-corrected chi connectivity index (χ1v) is 5.51. The van der Waals surface area contributed by atoms with Crippen molar-refractivity contribution in [2.24, 2.45) is 11.1 Å².